The Hall–Kier alpha value is -3.13. The first-order valence-electron chi connectivity index (χ1n) is 7.62. The third kappa shape index (κ3) is 9.74. The van der Waals surface area contributed by atoms with E-state index in [0.29, 0.717) is 0 Å². The molecule has 0 saturated heterocycles. The number of allylic oxidation sites excluding steroid dienone is 13. The molecule has 0 aliphatic heterocycles. The lowest BCUT2D eigenvalue weighted by Crippen LogP contribution is -1.81. The predicted octanol–water partition coefficient (Wildman–Crippen LogP) is 5.24. The minimum atomic E-state index is 0.748. The Morgan fingerprint density at radius 2 is 1.04 bits per heavy atom. The fraction of sp³-hybridized carbons (Fsp3) is 0.0455. The lowest BCUT2D eigenvalue weighted by atomic mass is 10.2. The lowest BCUT2D eigenvalue weighted by molar-refractivity contribution is -0.104. The fourth-order valence-corrected chi connectivity index (χ4v) is 1.63. The van der Waals surface area contributed by atoms with Crippen LogP contribution < -0.4 is 4.74 Å². The predicted molar refractivity (Wildman–Crippen MR) is 103 cm³/mol. The van der Waals surface area contributed by atoms with Crippen molar-refractivity contribution in [2.45, 2.75) is 0 Å². The summed E-state index contributed by atoms with van der Waals surface area (Å²) in [6.45, 7) is 0. The van der Waals surface area contributed by atoms with E-state index >= 15 is 0 Å². The quantitative estimate of drug-likeness (QED) is 0.353. The van der Waals surface area contributed by atoms with Crippen molar-refractivity contribution in [3.05, 3.63) is 109 Å². The molecule has 0 heterocycles. The van der Waals surface area contributed by atoms with E-state index in [-0.39, 0.29) is 0 Å². The maximum absolute atomic E-state index is 10.0. The zero-order valence-corrected chi connectivity index (χ0v) is 13.8. The van der Waals surface area contributed by atoms with Crippen molar-refractivity contribution in [1.29, 1.82) is 0 Å². The van der Waals surface area contributed by atoms with Gasteiger partial charge in [0.1, 0.15) is 12.0 Å². The third-order valence-electron chi connectivity index (χ3n) is 2.82. The SMILES string of the molecule is COc1ccc(/C=C/C=C/C=C/C=C/C=C/C=C/C=C/C=O)cc1. The van der Waals surface area contributed by atoms with Gasteiger partial charge in [0.25, 0.3) is 0 Å². The molecule has 0 saturated carbocycles. The second kappa shape index (κ2) is 13.5. The van der Waals surface area contributed by atoms with E-state index in [1.807, 2.05) is 91.1 Å². The molecular weight excluding hydrogens is 296 g/mol. The smallest absolute Gasteiger partial charge is 0.142 e. The number of benzene rings is 1. The van der Waals surface area contributed by atoms with Crippen LogP contribution in [0.2, 0.25) is 0 Å². The molecule has 2 heteroatoms. The molecule has 24 heavy (non-hydrogen) atoms. The second-order valence-corrected chi connectivity index (χ2v) is 4.58. The molecule has 122 valence electrons. The van der Waals surface area contributed by atoms with Gasteiger partial charge in [0.05, 0.1) is 7.11 Å². The van der Waals surface area contributed by atoms with Crippen molar-refractivity contribution in [3.63, 3.8) is 0 Å². The zero-order chi connectivity index (χ0) is 17.3. The van der Waals surface area contributed by atoms with Crippen LogP contribution in [0.15, 0.2) is 103 Å². The lowest BCUT2D eigenvalue weighted by Gasteiger charge is -1.98. The van der Waals surface area contributed by atoms with Crippen LogP contribution in [0.1, 0.15) is 5.56 Å². The Balaban J connectivity index is 2.29. The molecule has 1 aromatic carbocycles. The van der Waals surface area contributed by atoms with Gasteiger partial charge in [0.2, 0.25) is 0 Å². The molecule has 0 radical (unpaired) electrons. The van der Waals surface area contributed by atoms with Gasteiger partial charge in [-0.05, 0) is 23.8 Å². The van der Waals surface area contributed by atoms with Crippen LogP contribution in [0.4, 0.5) is 0 Å². The summed E-state index contributed by atoms with van der Waals surface area (Å²) in [5.41, 5.74) is 1.13. The van der Waals surface area contributed by atoms with Crippen LogP contribution in [-0.4, -0.2) is 13.4 Å². The monoisotopic (exact) mass is 318 g/mol. The maximum Gasteiger partial charge on any atom is 0.142 e. The molecule has 0 amide bonds. The number of aldehydes is 1. The first-order valence-corrected chi connectivity index (χ1v) is 7.62. The van der Waals surface area contributed by atoms with Crippen LogP contribution in [0.5, 0.6) is 5.75 Å². The molecule has 0 atom stereocenters. The molecule has 1 aromatic rings. The molecule has 0 fully saturated rings. The van der Waals surface area contributed by atoms with E-state index in [1.54, 1.807) is 19.3 Å². The van der Waals surface area contributed by atoms with E-state index in [2.05, 4.69) is 0 Å². The maximum atomic E-state index is 10.0. The average molecular weight is 318 g/mol. The molecule has 0 unspecified atom stereocenters. The molecule has 0 spiro atoms. The number of carbonyl (C=O) groups excluding carboxylic acids is 1. The summed E-state index contributed by atoms with van der Waals surface area (Å²) in [6, 6.07) is 7.90. The van der Waals surface area contributed by atoms with Gasteiger partial charge in [0, 0.05) is 0 Å². The number of carbonyl (C=O) groups is 1. The topological polar surface area (TPSA) is 26.3 Å². The highest BCUT2D eigenvalue weighted by molar-refractivity contribution is 5.65. The van der Waals surface area contributed by atoms with Crippen molar-refractivity contribution in [2.24, 2.45) is 0 Å². The van der Waals surface area contributed by atoms with Crippen LogP contribution in [0, 0.1) is 0 Å². The highest BCUT2D eigenvalue weighted by Gasteiger charge is 1.88. The van der Waals surface area contributed by atoms with E-state index < -0.39 is 0 Å². The van der Waals surface area contributed by atoms with Gasteiger partial charge in [-0.1, -0.05) is 91.1 Å². The third-order valence-corrected chi connectivity index (χ3v) is 2.82. The first kappa shape index (κ1) is 18.9. The summed E-state index contributed by atoms with van der Waals surface area (Å²) in [5.74, 6) is 0.861. The van der Waals surface area contributed by atoms with Crippen LogP contribution in [0.3, 0.4) is 0 Å². The minimum Gasteiger partial charge on any atom is -0.497 e. The van der Waals surface area contributed by atoms with Crippen LogP contribution >= 0.6 is 0 Å². The standard InChI is InChI=1S/C22H22O2/c1-24-22-18-16-21(17-19-22)15-13-11-9-7-5-3-2-4-6-8-10-12-14-20-23/h2-20H,1H3/b3-2+,6-4+,7-5+,10-8+,11-9+,14-12+,15-13+. The van der Waals surface area contributed by atoms with Crippen molar-refractivity contribution in [2.75, 3.05) is 7.11 Å². The van der Waals surface area contributed by atoms with Gasteiger partial charge in [-0.25, -0.2) is 0 Å². The van der Waals surface area contributed by atoms with E-state index in [9.17, 15) is 4.79 Å². The summed E-state index contributed by atoms with van der Waals surface area (Å²) in [4.78, 5) is 10.0. The molecule has 0 bridgehead atoms. The highest BCUT2D eigenvalue weighted by atomic mass is 16.5. The van der Waals surface area contributed by atoms with Crippen molar-refractivity contribution < 1.29 is 9.53 Å². The van der Waals surface area contributed by atoms with Crippen LogP contribution in [0.25, 0.3) is 6.08 Å². The number of ether oxygens (including phenoxy) is 1. The summed E-state index contributed by atoms with van der Waals surface area (Å²) < 4.78 is 5.12. The average Bonchev–Trinajstić information content (AvgIpc) is 2.62. The van der Waals surface area contributed by atoms with Gasteiger partial charge in [-0.3, -0.25) is 4.79 Å². The Morgan fingerprint density at radius 1 is 0.625 bits per heavy atom. The molecule has 2 nitrogen and oxygen atoms in total. The number of hydrogen-bond acceptors (Lipinski definition) is 2. The summed E-state index contributed by atoms with van der Waals surface area (Å²) >= 11 is 0. The molecule has 0 aliphatic carbocycles. The molecule has 0 aliphatic rings. The molecule has 0 aromatic heterocycles. The number of hydrogen-bond donors (Lipinski definition) is 0. The van der Waals surface area contributed by atoms with E-state index in [0.717, 1.165) is 17.6 Å². The van der Waals surface area contributed by atoms with Crippen molar-refractivity contribution in [3.8, 4) is 5.75 Å². The van der Waals surface area contributed by atoms with E-state index in [1.165, 1.54) is 6.08 Å². The number of rotatable bonds is 9. The Labute approximate surface area is 144 Å². The van der Waals surface area contributed by atoms with Gasteiger partial charge >= 0.3 is 0 Å². The summed E-state index contributed by atoms with van der Waals surface area (Å²) in [5, 5.41) is 0. The van der Waals surface area contributed by atoms with Crippen molar-refractivity contribution >= 4 is 12.4 Å². The second-order valence-electron chi connectivity index (χ2n) is 4.58. The first-order chi connectivity index (χ1) is 11.9. The summed E-state index contributed by atoms with van der Waals surface area (Å²) in [6.07, 6.45) is 27.1. The van der Waals surface area contributed by atoms with Gasteiger partial charge < -0.3 is 4.74 Å². The number of methoxy groups -OCH3 is 1. The van der Waals surface area contributed by atoms with Crippen molar-refractivity contribution in [1.82, 2.24) is 0 Å². The van der Waals surface area contributed by atoms with Gasteiger partial charge in [-0.15, -0.1) is 0 Å². The minimum absolute atomic E-state index is 0.748. The fourth-order valence-electron chi connectivity index (χ4n) is 1.63. The highest BCUT2D eigenvalue weighted by Crippen LogP contribution is 2.12. The molecular formula is C22H22O2. The van der Waals surface area contributed by atoms with Gasteiger partial charge in [-0.2, -0.15) is 0 Å². The van der Waals surface area contributed by atoms with Crippen LogP contribution in [-0.2, 0) is 4.79 Å². The van der Waals surface area contributed by atoms with E-state index in [4.69, 9.17) is 4.74 Å². The van der Waals surface area contributed by atoms with Gasteiger partial charge in [0.15, 0.2) is 0 Å². The summed E-state index contributed by atoms with van der Waals surface area (Å²) in [7, 11) is 1.66. The Kier molecular flexibility index (Phi) is 10.7. The zero-order valence-electron chi connectivity index (χ0n) is 13.8. The molecule has 1 rings (SSSR count). The Morgan fingerprint density at radius 3 is 1.46 bits per heavy atom. The normalized spacial score (nSPS) is 13.0. The molecule has 0 N–H and O–H groups in total. The Bertz CT molecular complexity index is 666. The largest absolute Gasteiger partial charge is 0.497 e.